The summed E-state index contributed by atoms with van der Waals surface area (Å²) in [7, 11) is 0. The zero-order chi connectivity index (χ0) is 12.5. The van der Waals surface area contributed by atoms with Gasteiger partial charge in [0.2, 0.25) is 0 Å². The molecule has 0 aromatic heterocycles. The number of ether oxygens (including phenoxy) is 1. The Bertz CT molecular complexity index is 397. The largest absolute Gasteiger partial charge is 0.372 e. The lowest BCUT2D eigenvalue weighted by molar-refractivity contribution is -0.0521. The Labute approximate surface area is 113 Å². The summed E-state index contributed by atoms with van der Waals surface area (Å²) in [5.74, 6) is 0. The topological polar surface area (TPSA) is 38.5 Å². The van der Waals surface area contributed by atoms with E-state index >= 15 is 0 Å². The predicted octanol–water partition coefficient (Wildman–Crippen LogP) is 2.20. The van der Waals surface area contributed by atoms with Gasteiger partial charge < -0.3 is 10.5 Å². The molecule has 3 nitrogen and oxygen atoms in total. The van der Waals surface area contributed by atoms with Crippen molar-refractivity contribution in [3.05, 3.63) is 34.9 Å². The van der Waals surface area contributed by atoms with Crippen molar-refractivity contribution in [1.82, 2.24) is 4.90 Å². The van der Waals surface area contributed by atoms with Crippen LogP contribution in [0.5, 0.6) is 0 Å². The number of hydrogen-bond acceptors (Lipinski definition) is 3. The van der Waals surface area contributed by atoms with E-state index in [1.165, 1.54) is 18.4 Å². The third kappa shape index (κ3) is 2.41. The zero-order valence-corrected chi connectivity index (χ0v) is 11.1. The van der Waals surface area contributed by atoms with E-state index in [1.54, 1.807) is 0 Å². The van der Waals surface area contributed by atoms with E-state index < -0.39 is 0 Å². The zero-order valence-electron chi connectivity index (χ0n) is 10.4. The molecular formula is C14H19ClN2O. The molecule has 1 aromatic carbocycles. The molecule has 2 aliphatic rings. The molecule has 0 aliphatic carbocycles. The van der Waals surface area contributed by atoms with Crippen LogP contribution in [-0.2, 0) is 4.74 Å². The van der Waals surface area contributed by atoms with Crippen molar-refractivity contribution in [2.24, 2.45) is 5.73 Å². The number of fused-ring (bicyclic) bond motifs is 2. The summed E-state index contributed by atoms with van der Waals surface area (Å²) in [6.45, 7) is 2.64. The lowest BCUT2D eigenvalue weighted by Gasteiger charge is -2.37. The van der Waals surface area contributed by atoms with Crippen molar-refractivity contribution in [2.45, 2.75) is 31.1 Å². The summed E-state index contributed by atoms with van der Waals surface area (Å²) in [5, 5.41) is 0.775. The van der Waals surface area contributed by atoms with Crippen LogP contribution < -0.4 is 5.73 Å². The monoisotopic (exact) mass is 266 g/mol. The normalized spacial score (nSPS) is 29.4. The molecule has 2 saturated heterocycles. The van der Waals surface area contributed by atoms with Crippen molar-refractivity contribution < 1.29 is 4.74 Å². The molecule has 2 bridgehead atoms. The van der Waals surface area contributed by atoms with Gasteiger partial charge in [0.1, 0.15) is 0 Å². The van der Waals surface area contributed by atoms with Gasteiger partial charge in [0.25, 0.3) is 0 Å². The first-order valence-electron chi connectivity index (χ1n) is 6.61. The highest BCUT2D eigenvalue weighted by Gasteiger charge is 2.36. The maximum atomic E-state index is 5.97. The minimum atomic E-state index is 0.286. The Morgan fingerprint density at radius 3 is 2.39 bits per heavy atom. The molecule has 0 spiro atoms. The van der Waals surface area contributed by atoms with Crippen LogP contribution in [0.2, 0.25) is 5.02 Å². The third-order valence-corrected chi connectivity index (χ3v) is 4.24. The van der Waals surface area contributed by atoms with E-state index in [-0.39, 0.29) is 6.04 Å². The lowest BCUT2D eigenvalue weighted by atomic mass is 10.0. The Hall–Kier alpha value is -0.610. The first kappa shape index (κ1) is 12.4. The quantitative estimate of drug-likeness (QED) is 0.912. The molecule has 18 heavy (non-hydrogen) atoms. The molecule has 2 heterocycles. The number of likely N-dealkylation sites (tertiary alicyclic amines) is 1. The van der Waals surface area contributed by atoms with Gasteiger partial charge in [0.15, 0.2) is 0 Å². The SMILES string of the molecule is NCC(c1ccc(Cl)cc1)N1CC2CCC(C1)O2. The summed E-state index contributed by atoms with van der Waals surface area (Å²) < 4.78 is 5.87. The molecule has 3 rings (SSSR count). The standard InChI is InChI=1S/C14H19ClN2O/c15-11-3-1-10(2-4-11)14(7-16)17-8-12-5-6-13(9-17)18-12/h1-4,12-14H,5-9,16H2. The van der Waals surface area contributed by atoms with Crippen molar-refractivity contribution in [1.29, 1.82) is 0 Å². The number of benzene rings is 1. The average Bonchev–Trinajstić information content (AvgIpc) is 2.72. The Kier molecular flexibility index (Phi) is 3.57. The lowest BCUT2D eigenvalue weighted by Crippen LogP contribution is -2.46. The van der Waals surface area contributed by atoms with Gasteiger partial charge in [-0.15, -0.1) is 0 Å². The van der Waals surface area contributed by atoms with Crippen molar-refractivity contribution in [3.8, 4) is 0 Å². The highest BCUT2D eigenvalue weighted by Crippen LogP contribution is 2.31. The molecule has 2 aliphatic heterocycles. The van der Waals surface area contributed by atoms with Crippen molar-refractivity contribution in [2.75, 3.05) is 19.6 Å². The average molecular weight is 267 g/mol. The maximum Gasteiger partial charge on any atom is 0.0707 e. The van der Waals surface area contributed by atoms with Gasteiger partial charge in [-0.3, -0.25) is 4.90 Å². The Balaban J connectivity index is 1.77. The van der Waals surface area contributed by atoms with Crippen LogP contribution in [0.15, 0.2) is 24.3 Å². The fourth-order valence-corrected chi connectivity index (χ4v) is 3.21. The number of nitrogens with two attached hydrogens (primary N) is 1. The molecule has 0 amide bonds. The molecule has 0 saturated carbocycles. The fourth-order valence-electron chi connectivity index (χ4n) is 3.08. The minimum Gasteiger partial charge on any atom is -0.372 e. The number of morpholine rings is 1. The summed E-state index contributed by atoms with van der Waals surface area (Å²) in [5.41, 5.74) is 7.22. The highest BCUT2D eigenvalue weighted by atomic mass is 35.5. The molecule has 1 aromatic rings. The molecule has 2 N–H and O–H groups in total. The van der Waals surface area contributed by atoms with Gasteiger partial charge in [0, 0.05) is 30.7 Å². The molecule has 98 valence electrons. The highest BCUT2D eigenvalue weighted by molar-refractivity contribution is 6.30. The van der Waals surface area contributed by atoms with Crippen molar-refractivity contribution in [3.63, 3.8) is 0 Å². The van der Waals surface area contributed by atoms with Gasteiger partial charge in [-0.2, -0.15) is 0 Å². The van der Waals surface area contributed by atoms with E-state index in [4.69, 9.17) is 22.1 Å². The second-order valence-corrected chi connectivity index (χ2v) is 5.65. The van der Waals surface area contributed by atoms with Crippen LogP contribution in [0.3, 0.4) is 0 Å². The van der Waals surface area contributed by atoms with Crippen LogP contribution in [0.4, 0.5) is 0 Å². The number of halogens is 1. The minimum absolute atomic E-state index is 0.286. The van der Waals surface area contributed by atoms with Crippen LogP contribution in [-0.4, -0.2) is 36.7 Å². The van der Waals surface area contributed by atoms with Crippen LogP contribution in [0.1, 0.15) is 24.4 Å². The summed E-state index contributed by atoms with van der Waals surface area (Å²) >= 11 is 5.94. The summed E-state index contributed by atoms with van der Waals surface area (Å²) in [6.07, 6.45) is 3.20. The second-order valence-electron chi connectivity index (χ2n) is 5.21. The Morgan fingerprint density at radius 2 is 1.83 bits per heavy atom. The maximum absolute atomic E-state index is 5.97. The van der Waals surface area contributed by atoms with E-state index in [2.05, 4.69) is 17.0 Å². The van der Waals surface area contributed by atoms with E-state index in [9.17, 15) is 0 Å². The van der Waals surface area contributed by atoms with Gasteiger partial charge in [0.05, 0.1) is 12.2 Å². The van der Waals surface area contributed by atoms with Crippen LogP contribution >= 0.6 is 11.6 Å². The third-order valence-electron chi connectivity index (χ3n) is 3.99. The van der Waals surface area contributed by atoms with Gasteiger partial charge in [-0.05, 0) is 30.5 Å². The molecule has 0 radical (unpaired) electrons. The molecule has 3 unspecified atom stereocenters. The van der Waals surface area contributed by atoms with Crippen molar-refractivity contribution >= 4 is 11.6 Å². The van der Waals surface area contributed by atoms with Gasteiger partial charge in [-0.1, -0.05) is 23.7 Å². The number of rotatable bonds is 3. The predicted molar refractivity (Wildman–Crippen MR) is 72.7 cm³/mol. The molecular weight excluding hydrogens is 248 g/mol. The van der Waals surface area contributed by atoms with Crippen LogP contribution in [0, 0.1) is 0 Å². The number of hydrogen-bond donors (Lipinski definition) is 1. The molecule has 3 atom stereocenters. The first-order chi connectivity index (χ1) is 8.76. The second kappa shape index (κ2) is 5.17. The van der Waals surface area contributed by atoms with E-state index in [0.717, 1.165) is 18.1 Å². The molecule has 4 heteroatoms. The molecule has 2 fully saturated rings. The first-order valence-corrected chi connectivity index (χ1v) is 6.99. The van der Waals surface area contributed by atoms with E-state index in [0.29, 0.717) is 18.8 Å². The van der Waals surface area contributed by atoms with Gasteiger partial charge >= 0.3 is 0 Å². The smallest absolute Gasteiger partial charge is 0.0707 e. The van der Waals surface area contributed by atoms with Gasteiger partial charge in [-0.25, -0.2) is 0 Å². The Morgan fingerprint density at radius 1 is 1.22 bits per heavy atom. The van der Waals surface area contributed by atoms with Crippen LogP contribution in [0.25, 0.3) is 0 Å². The fraction of sp³-hybridized carbons (Fsp3) is 0.571. The number of nitrogens with zero attached hydrogens (tertiary/aromatic N) is 1. The van der Waals surface area contributed by atoms with E-state index in [1.807, 2.05) is 12.1 Å². The summed E-state index contributed by atoms with van der Waals surface area (Å²) in [4.78, 5) is 2.47. The summed E-state index contributed by atoms with van der Waals surface area (Å²) in [6, 6.07) is 8.33.